The molecule has 0 saturated carbocycles. The summed E-state index contributed by atoms with van der Waals surface area (Å²) in [5.74, 6) is -0.751. The molecule has 0 radical (unpaired) electrons. The summed E-state index contributed by atoms with van der Waals surface area (Å²) in [6.07, 6.45) is 0. The van der Waals surface area contributed by atoms with E-state index in [-0.39, 0.29) is 24.4 Å². The number of amides is 4. The average Bonchev–Trinajstić information content (AvgIpc) is 2.97. The van der Waals surface area contributed by atoms with E-state index in [1.807, 2.05) is 80.6 Å². The Kier molecular flexibility index (Phi) is 5.46. The summed E-state index contributed by atoms with van der Waals surface area (Å²) >= 11 is 0. The third kappa shape index (κ3) is 3.89. The number of urea groups is 1. The van der Waals surface area contributed by atoms with Crippen molar-refractivity contribution in [3.8, 4) is 0 Å². The van der Waals surface area contributed by atoms with E-state index in [4.69, 9.17) is 0 Å². The van der Waals surface area contributed by atoms with Crippen LogP contribution >= 0.6 is 0 Å². The van der Waals surface area contributed by atoms with Crippen molar-refractivity contribution in [3.63, 3.8) is 0 Å². The van der Waals surface area contributed by atoms with Gasteiger partial charge in [0.05, 0.1) is 6.04 Å². The number of hydrogen-bond donors (Lipinski definition) is 1. The molecule has 1 aliphatic rings. The van der Waals surface area contributed by atoms with Gasteiger partial charge in [-0.3, -0.25) is 19.4 Å². The lowest BCUT2D eigenvalue weighted by atomic mass is 10.00. The molecule has 158 valence electrons. The molecule has 1 aliphatic heterocycles. The fraction of sp³-hybridized carbons (Fsp3) is 0.240. The second kappa shape index (κ2) is 8.22. The number of carbonyl (C=O) groups excluding carboxylic acids is 3. The molecule has 0 spiro atoms. The molecule has 6 heteroatoms. The number of benzene rings is 3. The van der Waals surface area contributed by atoms with Gasteiger partial charge in [-0.15, -0.1) is 0 Å². The highest BCUT2D eigenvalue weighted by molar-refractivity contribution is 6.15. The SMILES string of the molecule is Cc1ccc(N2C(=O)N(CC(=O)N[C@H](C)c3cccc4ccccc34)C(=O)[C@H]2C)cc1. The fourth-order valence-electron chi connectivity index (χ4n) is 4.05. The first-order valence-corrected chi connectivity index (χ1v) is 10.3. The lowest BCUT2D eigenvalue weighted by Gasteiger charge is -2.20. The zero-order valence-corrected chi connectivity index (χ0v) is 17.8. The first-order chi connectivity index (χ1) is 14.9. The van der Waals surface area contributed by atoms with Crippen LogP contribution in [0.25, 0.3) is 10.8 Å². The van der Waals surface area contributed by atoms with Crippen molar-refractivity contribution in [3.05, 3.63) is 77.9 Å². The number of imide groups is 1. The summed E-state index contributed by atoms with van der Waals surface area (Å²) in [6.45, 7) is 5.22. The molecular formula is C25H25N3O3. The van der Waals surface area contributed by atoms with E-state index in [9.17, 15) is 14.4 Å². The summed E-state index contributed by atoms with van der Waals surface area (Å²) in [6, 6.07) is 19.9. The molecule has 31 heavy (non-hydrogen) atoms. The number of anilines is 1. The topological polar surface area (TPSA) is 69.7 Å². The van der Waals surface area contributed by atoms with Gasteiger partial charge >= 0.3 is 6.03 Å². The zero-order valence-electron chi connectivity index (χ0n) is 17.8. The van der Waals surface area contributed by atoms with E-state index in [1.165, 1.54) is 4.90 Å². The van der Waals surface area contributed by atoms with Crippen LogP contribution in [0.15, 0.2) is 66.7 Å². The highest BCUT2D eigenvalue weighted by atomic mass is 16.2. The Hall–Kier alpha value is -3.67. The van der Waals surface area contributed by atoms with Crippen molar-refractivity contribution in [2.45, 2.75) is 32.9 Å². The van der Waals surface area contributed by atoms with Crippen LogP contribution in [0, 0.1) is 6.92 Å². The molecule has 0 unspecified atom stereocenters. The van der Waals surface area contributed by atoms with Gasteiger partial charge in [0, 0.05) is 5.69 Å². The number of rotatable bonds is 5. The van der Waals surface area contributed by atoms with Crippen molar-refractivity contribution < 1.29 is 14.4 Å². The van der Waals surface area contributed by atoms with E-state index in [0.29, 0.717) is 5.69 Å². The second-order valence-electron chi connectivity index (χ2n) is 7.95. The molecule has 0 aromatic heterocycles. The minimum Gasteiger partial charge on any atom is -0.348 e. The van der Waals surface area contributed by atoms with Gasteiger partial charge in [0.1, 0.15) is 12.6 Å². The zero-order chi connectivity index (χ0) is 22.1. The maximum atomic E-state index is 12.9. The van der Waals surface area contributed by atoms with Crippen molar-refractivity contribution in [2.24, 2.45) is 0 Å². The quantitative estimate of drug-likeness (QED) is 0.636. The van der Waals surface area contributed by atoms with E-state index >= 15 is 0 Å². The van der Waals surface area contributed by atoms with Crippen LogP contribution in [-0.4, -0.2) is 35.3 Å². The fourth-order valence-corrected chi connectivity index (χ4v) is 4.05. The van der Waals surface area contributed by atoms with E-state index in [0.717, 1.165) is 26.8 Å². The van der Waals surface area contributed by atoms with Crippen LogP contribution in [0.3, 0.4) is 0 Å². The van der Waals surface area contributed by atoms with E-state index < -0.39 is 12.1 Å². The molecule has 1 fully saturated rings. The molecule has 3 aromatic carbocycles. The normalized spacial score (nSPS) is 17.3. The van der Waals surface area contributed by atoms with Crippen LogP contribution in [0.2, 0.25) is 0 Å². The van der Waals surface area contributed by atoms with Crippen molar-refractivity contribution in [2.75, 3.05) is 11.4 Å². The van der Waals surface area contributed by atoms with Gasteiger partial charge in [-0.1, -0.05) is 60.2 Å². The largest absolute Gasteiger partial charge is 0.348 e. The molecule has 1 heterocycles. The van der Waals surface area contributed by atoms with Crippen LogP contribution < -0.4 is 10.2 Å². The van der Waals surface area contributed by atoms with Crippen LogP contribution in [0.5, 0.6) is 0 Å². The molecule has 0 bridgehead atoms. The third-order valence-electron chi connectivity index (χ3n) is 5.73. The lowest BCUT2D eigenvalue weighted by Crippen LogP contribution is -2.42. The predicted octanol–water partition coefficient (Wildman–Crippen LogP) is 4.18. The first kappa shape index (κ1) is 20.6. The van der Waals surface area contributed by atoms with Gasteiger partial charge < -0.3 is 5.32 Å². The number of fused-ring (bicyclic) bond motifs is 1. The second-order valence-corrected chi connectivity index (χ2v) is 7.95. The maximum absolute atomic E-state index is 12.9. The molecule has 1 saturated heterocycles. The Morgan fingerprint density at radius 3 is 2.42 bits per heavy atom. The molecular weight excluding hydrogens is 390 g/mol. The monoisotopic (exact) mass is 415 g/mol. The standard InChI is InChI=1S/C25H25N3O3/c1-16-11-13-20(14-12-16)28-18(3)24(30)27(25(28)31)15-23(29)26-17(2)21-10-6-8-19-7-4-5-9-22(19)21/h4-14,17-18H,15H2,1-3H3,(H,26,29)/t17-,18-/m1/s1. The molecule has 2 atom stereocenters. The van der Waals surface area contributed by atoms with Crippen LogP contribution in [0.1, 0.15) is 31.0 Å². The van der Waals surface area contributed by atoms with Crippen molar-refractivity contribution >= 4 is 34.3 Å². The third-order valence-corrected chi connectivity index (χ3v) is 5.73. The molecule has 4 rings (SSSR count). The molecule has 1 N–H and O–H groups in total. The average molecular weight is 415 g/mol. The minimum atomic E-state index is -0.654. The number of aryl methyl sites for hydroxylation is 1. The van der Waals surface area contributed by atoms with Gasteiger partial charge in [-0.25, -0.2) is 4.79 Å². The predicted molar refractivity (Wildman–Crippen MR) is 121 cm³/mol. The van der Waals surface area contributed by atoms with Crippen LogP contribution in [0.4, 0.5) is 10.5 Å². The first-order valence-electron chi connectivity index (χ1n) is 10.3. The molecule has 3 aromatic rings. The highest BCUT2D eigenvalue weighted by Gasteiger charge is 2.44. The number of carbonyl (C=O) groups is 3. The van der Waals surface area contributed by atoms with E-state index in [2.05, 4.69) is 5.32 Å². The van der Waals surface area contributed by atoms with Crippen molar-refractivity contribution in [1.29, 1.82) is 0 Å². The Morgan fingerprint density at radius 2 is 1.68 bits per heavy atom. The maximum Gasteiger partial charge on any atom is 0.332 e. The Morgan fingerprint density at radius 1 is 1.00 bits per heavy atom. The van der Waals surface area contributed by atoms with Crippen molar-refractivity contribution in [1.82, 2.24) is 10.2 Å². The van der Waals surface area contributed by atoms with Gasteiger partial charge in [0.25, 0.3) is 5.91 Å². The Labute approximate surface area is 181 Å². The molecule has 6 nitrogen and oxygen atoms in total. The Balaban J connectivity index is 1.48. The van der Waals surface area contributed by atoms with E-state index in [1.54, 1.807) is 6.92 Å². The summed E-state index contributed by atoms with van der Waals surface area (Å²) in [4.78, 5) is 40.8. The Bertz CT molecular complexity index is 1150. The minimum absolute atomic E-state index is 0.267. The number of nitrogens with one attached hydrogen (secondary N) is 1. The summed E-state index contributed by atoms with van der Waals surface area (Å²) in [5, 5.41) is 5.08. The highest BCUT2D eigenvalue weighted by Crippen LogP contribution is 2.27. The number of hydrogen-bond acceptors (Lipinski definition) is 3. The lowest BCUT2D eigenvalue weighted by molar-refractivity contribution is -0.132. The van der Waals surface area contributed by atoms with Gasteiger partial charge in [-0.2, -0.15) is 0 Å². The number of nitrogens with zero attached hydrogens (tertiary/aromatic N) is 2. The molecule has 4 amide bonds. The molecule has 0 aliphatic carbocycles. The van der Waals surface area contributed by atoms with Crippen LogP contribution in [-0.2, 0) is 9.59 Å². The summed E-state index contributed by atoms with van der Waals surface area (Å²) in [5.41, 5.74) is 2.69. The van der Waals surface area contributed by atoms with Gasteiger partial charge in [-0.05, 0) is 49.2 Å². The summed E-state index contributed by atoms with van der Waals surface area (Å²) in [7, 11) is 0. The smallest absolute Gasteiger partial charge is 0.332 e. The summed E-state index contributed by atoms with van der Waals surface area (Å²) < 4.78 is 0. The van der Waals surface area contributed by atoms with Gasteiger partial charge in [0.2, 0.25) is 5.91 Å². The van der Waals surface area contributed by atoms with Gasteiger partial charge in [0.15, 0.2) is 0 Å².